The number of H-pyrrole nitrogens is 1. The quantitative estimate of drug-likeness (QED) is 0.861. The highest BCUT2D eigenvalue weighted by atomic mass is 35.7. The minimum Gasteiger partial charge on any atom is -0.337 e. The van der Waals surface area contributed by atoms with E-state index in [-0.39, 0.29) is 16.5 Å². The number of amides is 1. The number of nitrogens with zero attached hydrogens (tertiary/aromatic N) is 2. The van der Waals surface area contributed by atoms with Gasteiger partial charge in [-0.1, -0.05) is 13.8 Å². The Morgan fingerprint density at radius 1 is 1.45 bits per heavy atom. The van der Waals surface area contributed by atoms with Crippen LogP contribution in [0.2, 0.25) is 0 Å². The lowest BCUT2D eigenvalue weighted by atomic mass is 9.99. The molecule has 112 valence electrons. The van der Waals surface area contributed by atoms with Gasteiger partial charge >= 0.3 is 0 Å². The highest BCUT2D eigenvalue weighted by molar-refractivity contribution is 8.13. The number of nitrogens with one attached hydrogen (secondary N) is 1. The molecule has 1 aromatic rings. The Bertz CT molecular complexity index is 603. The van der Waals surface area contributed by atoms with Crippen molar-refractivity contribution < 1.29 is 13.2 Å². The highest BCUT2D eigenvalue weighted by Gasteiger charge is 2.31. The van der Waals surface area contributed by atoms with Crippen molar-refractivity contribution in [2.75, 3.05) is 13.1 Å². The van der Waals surface area contributed by atoms with Gasteiger partial charge in [0.15, 0.2) is 5.69 Å². The molecule has 0 radical (unpaired) electrons. The van der Waals surface area contributed by atoms with Gasteiger partial charge in [0.05, 0.1) is 5.69 Å². The lowest BCUT2D eigenvalue weighted by molar-refractivity contribution is 0.0687. The maximum absolute atomic E-state index is 12.4. The monoisotopic (exact) mass is 319 g/mol. The Morgan fingerprint density at radius 2 is 2.05 bits per heavy atom. The normalized spacial score (nSPS) is 17.4. The number of halogens is 1. The van der Waals surface area contributed by atoms with Crippen molar-refractivity contribution in [2.24, 2.45) is 5.92 Å². The van der Waals surface area contributed by atoms with Crippen LogP contribution in [0.3, 0.4) is 0 Å². The first-order valence-corrected chi connectivity index (χ1v) is 8.96. The number of carbonyl (C=O) groups is 1. The smallest absolute Gasteiger partial charge is 0.275 e. The molecular weight excluding hydrogens is 302 g/mol. The molecule has 1 aliphatic heterocycles. The topological polar surface area (TPSA) is 83.1 Å². The molecule has 1 amide bonds. The van der Waals surface area contributed by atoms with Gasteiger partial charge in [0.2, 0.25) is 0 Å². The summed E-state index contributed by atoms with van der Waals surface area (Å²) < 4.78 is 23.3. The van der Waals surface area contributed by atoms with E-state index in [1.807, 2.05) is 0 Å². The van der Waals surface area contributed by atoms with Crippen LogP contribution in [0.4, 0.5) is 0 Å². The number of aromatic nitrogens is 2. The molecule has 0 aliphatic carbocycles. The molecule has 1 aromatic heterocycles. The zero-order valence-corrected chi connectivity index (χ0v) is 13.1. The van der Waals surface area contributed by atoms with Gasteiger partial charge in [0.25, 0.3) is 15.0 Å². The van der Waals surface area contributed by atoms with Crippen LogP contribution < -0.4 is 0 Å². The molecule has 0 saturated carbocycles. The molecule has 1 saturated heterocycles. The second-order valence-corrected chi connectivity index (χ2v) is 7.65. The average molecular weight is 320 g/mol. The van der Waals surface area contributed by atoms with Crippen LogP contribution in [-0.2, 0) is 15.5 Å². The molecule has 0 unspecified atom stereocenters. The first-order valence-electron chi connectivity index (χ1n) is 6.65. The molecule has 0 aromatic carbocycles. The second-order valence-electron chi connectivity index (χ2n) is 5.15. The van der Waals surface area contributed by atoms with Crippen LogP contribution in [0.5, 0.6) is 0 Å². The summed E-state index contributed by atoms with van der Waals surface area (Å²) in [6.45, 7) is 5.16. The molecule has 2 heterocycles. The van der Waals surface area contributed by atoms with Crippen molar-refractivity contribution in [3.05, 3.63) is 11.4 Å². The SMILES string of the molecule is CCc1[nH]nc(C(=O)N2CCC(C)CC2)c1S(=O)(=O)Cl. The summed E-state index contributed by atoms with van der Waals surface area (Å²) in [5.41, 5.74) is 0.278. The standard InChI is InChI=1S/C12H18ClN3O3S/c1-3-9-11(20(13,18)19)10(15-14-9)12(17)16-6-4-8(2)5-7-16/h8H,3-7H2,1-2H3,(H,14,15). The van der Waals surface area contributed by atoms with E-state index in [0.29, 0.717) is 31.1 Å². The average Bonchev–Trinajstić information content (AvgIpc) is 2.82. The number of aryl methyl sites for hydroxylation is 1. The third-order valence-electron chi connectivity index (χ3n) is 3.66. The molecule has 1 aliphatic rings. The van der Waals surface area contributed by atoms with E-state index in [0.717, 1.165) is 12.8 Å². The van der Waals surface area contributed by atoms with E-state index in [2.05, 4.69) is 17.1 Å². The zero-order valence-electron chi connectivity index (χ0n) is 11.5. The molecule has 20 heavy (non-hydrogen) atoms. The zero-order chi connectivity index (χ0) is 14.9. The highest BCUT2D eigenvalue weighted by Crippen LogP contribution is 2.25. The van der Waals surface area contributed by atoms with Gasteiger partial charge in [0, 0.05) is 23.8 Å². The van der Waals surface area contributed by atoms with Gasteiger partial charge in [-0.2, -0.15) is 5.10 Å². The molecule has 0 spiro atoms. The Morgan fingerprint density at radius 3 is 2.55 bits per heavy atom. The van der Waals surface area contributed by atoms with Gasteiger partial charge in [-0.3, -0.25) is 9.89 Å². The summed E-state index contributed by atoms with van der Waals surface area (Å²) in [6.07, 6.45) is 2.25. The lowest BCUT2D eigenvalue weighted by Crippen LogP contribution is -2.38. The second kappa shape index (κ2) is 5.73. The summed E-state index contributed by atoms with van der Waals surface area (Å²) in [5, 5.41) is 6.47. The fourth-order valence-corrected chi connectivity index (χ4v) is 3.72. The first-order chi connectivity index (χ1) is 9.34. The van der Waals surface area contributed by atoms with Crippen molar-refractivity contribution in [3.63, 3.8) is 0 Å². The number of aromatic amines is 1. The minimum absolute atomic E-state index is 0.0913. The van der Waals surface area contributed by atoms with E-state index in [1.165, 1.54) is 0 Å². The summed E-state index contributed by atoms with van der Waals surface area (Å²) in [5.74, 6) is 0.216. The Hall–Kier alpha value is -1.08. The van der Waals surface area contributed by atoms with Crippen molar-refractivity contribution in [1.29, 1.82) is 0 Å². The maximum atomic E-state index is 12.4. The van der Waals surface area contributed by atoms with Crippen molar-refractivity contribution >= 4 is 25.6 Å². The Balaban J connectivity index is 2.33. The largest absolute Gasteiger partial charge is 0.337 e. The lowest BCUT2D eigenvalue weighted by Gasteiger charge is -2.29. The molecule has 1 fully saturated rings. The summed E-state index contributed by atoms with van der Waals surface area (Å²) in [4.78, 5) is 13.9. The van der Waals surface area contributed by atoms with Crippen LogP contribution in [0.15, 0.2) is 4.90 Å². The number of rotatable bonds is 3. The summed E-state index contributed by atoms with van der Waals surface area (Å²) in [7, 11) is 1.44. The Kier molecular flexibility index (Phi) is 4.39. The predicted molar refractivity (Wildman–Crippen MR) is 75.3 cm³/mol. The first kappa shape index (κ1) is 15.3. The number of likely N-dealkylation sites (tertiary alicyclic amines) is 1. The van der Waals surface area contributed by atoms with Crippen LogP contribution in [0.25, 0.3) is 0 Å². The number of hydrogen-bond donors (Lipinski definition) is 1. The van der Waals surface area contributed by atoms with E-state index >= 15 is 0 Å². The van der Waals surface area contributed by atoms with Gasteiger partial charge in [0.1, 0.15) is 4.90 Å². The molecule has 2 rings (SSSR count). The van der Waals surface area contributed by atoms with Crippen LogP contribution >= 0.6 is 10.7 Å². The van der Waals surface area contributed by atoms with E-state index in [1.54, 1.807) is 11.8 Å². The molecular formula is C12H18ClN3O3S. The van der Waals surface area contributed by atoms with Crippen molar-refractivity contribution in [3.8, 4) is 0 Å². The van der Waals surface area contributed by atoms with Crippen LogP contribution in [0.1, 0.15) is 42.9 Å². The summed E-state index contributed by atoms with van der Waals surface area (Å²) in [6, 6.07) is 0. The van der Waals surface area contributed by atoms with Crippen LogP contribution in [-0.4, -0.2) is 42.5 Å². The van der Waals surface area contributed by atoms with Gasteiger partial charge in [-0.05, 0) is 25.2 Å². The molecule has 1 N–H and O–H groups in total. The maximum Gasteiger partial charge on any atom is 0.275 e. The van der Waals surface area contributed by atoms with E-state index in [9.17, 15) is 13.2 Å². The molecule has 8 heteroatoms. The third-order valence-corrected chi connectivity index (χ3v) is 5.05. The predicted octanol–water partition coefficient (Wildman–Crippen LogP) is 1.77. The number of piperidine rings is 1. The molecule has 6 nitrogen and oxygen atoms in total. The fraction of sp³-hybridized carbons (Fsp3) is 0.667. The van der Waals surface area contributed by atoms with Gasteiger partial charge in [-0.15, -0.1) is 0 Å². The minimum atomic E-state index is -4.00. The van der Waals surface area contributed by atoms with Gasteiger partial charge in [-0.25, -0.2) is 8.42 Å². The van der Waals surface area contributed by atoms with E-state index in [4.69, 9.17) is 10.7 Å². The fourth-order valence-electron chi connectivity index (χ4n) is 2.38. The van der Waals surface area contributed by atoms with Crippen molar-refractivity contribution in [1.82, 2.24) is 15.1 Å². The number of carbonyl (C=O) groups excluding carboxylic acids is 1. The Labute approximate surface area is 122 Å². The summed E-state index contributed by atoms with van der Waals surface area (Å²) >= 11 is 0. The molecule has 0 bridgehead atoms. The van der Waals surface area contributed by atoms with Gasteiger partial charge < -0.3 is 4.90 Å². The van der Waals surface area contributed by atoms with E-state index < -0.39 is 9.05 Å². The van der Waals surface area contributed by atoms with Crippen LogP contribution in [0, 0.1) is 5.92 Å². The number of hydrogen-bond acceptors (Lipinski definition) is 4. The molecule has 0 atom stereocenters. The third kappa shape index (κ3) is 2.98. The van der Waals surface area contributed by atoms with Crippen molar-refractivity contribution in [2.45, 2.75) is 38.0 Å².